The van der Waals surface area contributed by atoms with Crippen molar-refractivity contribution in [3.8, 4) is 17.2 Å². The highest BCUT2D eigenvalue weighted by molar-refractivity contribution is 6.87. The Morgan fingerprint density at radius 3 is 2.42 bits per heavy atom. The fourth-order valence-corrected chi connectivity index (χ4v) is 3.99. The number of phenols is 1. The summed E-state index contributed by atoms with van der Waals surface area (Å²) in [6.45, 7) is 10.6. The van der Waals surface area contributed by atoms with E-state index in [-0.39, 0.29) is 52.2 Å². The molecule has 1 N–H and O–H groups in total. The number of carbonyl (C=O) groups excluding carboxylic acids is 2. The number of phenolic OH excluding ortho intramolecular Hbond substituents is 1. The largest absolute Gasteiger partial charge is 0.507 e. The van der Waals surface area contributed by atoms with Gasteiger partial charge in [-0.3, -0.25) is 9.59 Å². The van der Waals surface area contributed by atoms with Crippen molar-refractivity contribution in [2.24, 2.45) is 0 Å². The van der Waals surface area contributed by atoms with E-state index in [9.17, 15) is 14.7 Å². The van der Waals surface area contributed by atoms with E-state index in [1.54, 1.807) is 24.3 Å². The zero-order valence-corrected chi connectivity index (χ0v) is 19.9. The predicted molar refractivity (Wildman–Crippen MR) is 124 cm³/mol. The first-order valence-corrected chi connectivity index (χ1v) is 13.2. The molecule has 0 radical (unpaired) electrons. The fraction of sp³-hybridized carbons (Fsp3) is 0.360. The molecule has 0 saturated heterocycles. The molecular weight excluding hydrogens is 408 g/mol. The van der Waals surface area contributed by atoms with E-state index >= 15 is 0 Å². The van der Waals surface area contributed by atoms with Crippen LogP contribution in [0.1, 0.15) is 41.5 Å². The summed E-state index contributed by atoms with van der Waals surface area (Å²) >= 11 is 0. The number of methoxy groups -OCH3 is 1. The maximum absolute atomic E-state index is 13.5. The van der Waals surface area contributed by atoms with E-state index < -0.39 is 13.9 Å². The number of ether oxygens (including phenoxy) is 2. The minimum Gasteiger partial charge on any atom is -0.507 e. The van der Waals surface area contributed by atoms with Crippen LogP contribution in [0.4, 0.5) is 0 Å². The zero-order chi connectivity index (χ0) is 23.0. The number of hydrogen-bond donors (Lipinski definition) is 1. The second-order valence-electron chi connectivity index (χ2n) is 9.26. The van der Waals surface area contributed by atoms with Crippen LogP contribution in [0.5, 0.6) is 5.75 Å². The van der Waals surface area contributed by atoms with Gasteiger partial charge in [0.15, 0.2) is 5.78 Å². The molecule has 2 aromatic rings. The summed E-state index contributed by atoms with van der Waals surface area (Å²) in [5.41, 5.74) is 3.81. The van der Waals surface area contributed by atoms with Crippen molar-refractivity contribution in [1.29, 1.82) is 0 Å². The van der Waals surface area contributed by atoms with Crippen LogP contribution in [0.25, 0.3) is 10.8 Å². The van der Waals surface area contributed by atoms with E-state index in [2.05, 4.69) is 45.3 Å². The first kappa shape index (κ1) is 23.0. The highest BCUT2D eigenvalue weighted by Crippen LogP contribution is 2.39. The van der Waals surface area contributed by atoms with E-state index in [4.69, 9.17) is 9.47 Å². The molecule has 0 heterocycles. The Kier molecular flexibility index (Phi) is 6.24. The highest BCUT2D eigenvalue weighted by Gasteiger charge is 2.37. The molecule has 0 bridgehead atoms. The molecule has 0 unspecified atom stereocenters. The van der Waals surface area contributed by atoms with Gasteiger partial charge in [0, 0.05) is 23.6 Å². The Labute approximate surface area is 184 Å². The molecule has 0 spiro atoms. The third kappa shape index (κ3) is 4.22. The topological polar surface area (TPSA) is 72.8 Å². The summed E-state index contributed by atoms with van der Waals surface area (Å²) in [5, 5.41) is 12.1. The van der Waals surface area contributed by atoms with Crippen molar-refractivity contribution >= 4 is 30.4 Å². The minimum absolute atomic E-state index is 0.00868. The van der Waals surface area contributed by atoms with Crippen molar-refractivity contribution in [2.75, 3.05) is 20.5 Å². The fourth-order valence-electron chi connectivity index (χ4n) is 3.18. The highest BCUT2D eigenvalue weighted by atomic mass is 28.3. The Hall–Kier alpha value is -2.72. The normalized spacial score (nSPS) is 14.5. The molecular formula is C25H28O5Si. The Morgan fingerprint density at radius 2 is 1.77 bits per heavy atom. The van der Waals surface area contributed by atoms with Gasteiger partial charge in [0.05, 0.1) is 17.7 Å². The van der Waals surface area contributed by atoms with Gasteiger partial charge in [-0.15, -0.1) is 5.54 Å². The average Bonchev–Trinajstić information content (AvgIpc) is 2.70. The number of Topliss-reactive ketones (excluding diaryl/α,β-unsaturated/α-hetero) is 2. The third-order valence-electron chi connectivity index (χ3n) is 6.12. The lowest BCUT2D eigenvalue weighted by Gasteiger charge is -2.31. The summed E-state index contributed by atoms with van der Waals surface area (Å²) in [4.78, 5) is 26.9. The van der Waals surface area contributed by atoms with Crippen LogP contribution in [0.3, 0.4) is 0 Å². The molecule has 6 heteroatoms. The number of fused-ring (bicyclic) bond motifs is 2. The van der Waals surface area contributed by atoms with Crippen LogP contribution in [0.15, 0.2) is 41.5 Å². The van der Waals surface area contributed by atoms with Crippen molar-refractivity contribution < 1.29 is 24.2 Å². The molecule has 162 valence electrons. The van der Waals surface area contributed by atoms with Gasteiger partial charge in [-0.25, -0.2) is 0 Å². The summed E-state index contributed by atoms with van der Waals surface area (Å²) in [7, 11) is -0.558. The van der Waals surface area contributed by atoms with Gasteiger partial charge >= 0.3 is 0 Å². The second-order valence-corrected chi connectivity index (χ2v) is 14.3. The lowest BCUT2D eigenvalue weighted by Crippen LogP contribution is -2.36. The third-order valence-corrected chi connectivity index (χ3v) is 10.6. The Balaban J connectivity index is 2.22. The monoisotopic (exact) mass is 436 g/mol. The minimum atomic E-state index is -2.04. The summed E-state index contributed by atoms with van der Waals surface area (Å²) < 4.78 is 10.4. The molecule has 1 aliphatic carbocycles. The Bertz CT molecular complexity index is 1160. The van der Waals surface area contributed by atoms with Crippen molar-refractivity contribution in [1.82, 2.24) is 0 Å². The van der Waals surface area contributed by atoms with Gasteiger partial charge in [0.1, 0.15) is 20.6 Å². The average molecular weight is 437 g/mol. The number of allylic oxidation sites excluding steroid dienone is 1. The maximum atomic E-state index is 13.5. The molecule has 0 saturated carbocycles. The molecule has 0 atom stereocenters. The molecule has 1 aliphatic rings. The molecule has 2 aromatic carbocycles. The van der Waals surface area contributed by atoms with E-state index in [1.165, 1.54) is 7.11 Å². The number of ketones is 2. The molecule has 0 aromatic heterocycles. The van der Waals surface area contributed by atoms with Crippen LogP contribution in [-0.4, -0.2) is 45.3 Å². The zero-order valence-electron chi connectivity index (χ0n) is 18.9. The first-order chi connectivity index (χ1) is 14.5. The predicted octanol–water partition coefficient (Wildman–Crippen LogP) is 4.89. The summed E-state index contributed by atoms with van der Waals surface area (Å²) in [6.07, 6.45) is 0. The van der Waals surface area contributed by atoms with Gasteiger partial charge < -0.3 is 14.6 Å². The molecule has 3 rings (SSSR count). The molecule has 31 heavy (non-hydrogen) atoms. The van der Waals surface area contributed by atoms with Gasteiger partial charge in [-0.2, -0.15) is 0 Å². The Morgan fingerprint density at radius 1 is 1.10 bits per heavy atom. The van der Waals surface area contributed by atoms with Crippen LogP contribution in [0, 0.1) is 11.5 Å². The van der Waals surface area contributed by atoms with Crippen LogP contribution in [0.2, 0.25) is 18.1 Å². The number of aromatic hydroxyl groups is 1. The van der Waals surface area contributed by atoms with Crippen LogP contribution >= 0.6 is 0 Å². The van der Waals surface area contributed by atoms with E-state index in [0.29, 0.717) is 10.8 Å². The number of rotatable bonds is 4. The number of hydrogen-bond acceptors (Lipinski definition) is 5. The molecule has 0 amide bonds. The summed E-state index contributed by atoms with van der Waals surface area (Å²) in [6, 6.07) is 8.77. The van der Waals surface area contributed by atoms with Crippen LogP contribution < -0.4 is 0 Å². The number of carbonyl (C=O) groups is 2. The smallest absolute Gasteiger partial charge is 0.206 e. The summed E-state index contributed by atoms with van der Waals surface area (Å²) in [5.74, 6) is 2.05. The molecule has 0 fully saturated rings. The van der Waals surface area contributed by atoms with Crippen molar-refractivity contribution in [3.63, 3.8) is 0 Å². The van der Waals surface area contributed by atoms with E-state index in [0.717, 1.165) is 0 Å². The molecule has 0 aliphatic heterocycles. The second kappa shape index (κ2) is 8.43. The van der Waals surface area contributed by atoms with Crippen molar-refractivity contribution in [2.45, 2.75) is 38.9 Å². The van der Waals surface area contributed by atoms with E-state index in [1.807, 2.05) is 6.07 Å². The number of benzene rings is 2. The van der Waals surface area contributed by atoms with Gasteiger partial charge in [-0.1, -0.05) is 64.1 Å². The quantitative estimate of drug-likeness (QED) is 0.320. The van der Waals surface area contributed by atoms with Gasteiger partial charge in [0.25, 0.3) is 0 Å². The lowest BCUT2D eigenvalue weighted by molar-refractivity contribution is -0.0210. The SMILES string of the molecule is COCOCC1=C(C#C[Si](C)(C)C(C)(C)C)C(=O)c2c(cc3ccccc3c2O)C1=O. The van der Waals surface area contributed by atoms with Gasteiger partial charge in [-0.05, 0) is 16.5 Å². The molecule has 5 nitrogen and oxygen atoms in total. The standard InChI is InChI=1S/C25H28O5Si/c1-25(2,3)31(5,6)12-11-18-20(14-30-15-29-4)22(26)19-13-16-9-7-8-10-17(16)23(27)21(19)24(18)28/h7-10,13,27H,14-15H2,1-6H3. The van der Waals surface area contributed by atoms with Crippen molar-refractivity contribution in [3.05, 3.63) is 52.6 Å². The first-order valence-electron chi connectivity index (χ1n) is 10.2. The van der Waals surface area contributed by atoms with Crippen LogP contribution in [-0.2, 0) is 9.47 Å². The lowest BCUT2D eigenvalue weighted by atomic mass is 9.82. The van der Waals surface area contributed by atoms with Gasteiger partial charge in [0.2, 0.25) is 5.78 Å². The maximum Gasteiger partial charge on any atom is 0.206 e.